The van der Waals surface area contributed by atoms with Crippen LogP contribution in [-0.2, 0) is 13.1 Å². The fourth-order valence-electron chi connectivity index (χ4n) is 6.08. The largest absolute Gasteiger partial charge is 0.350 e. The monoisotopic (exact) mass is 721 g/mol. The number of imidazole rings is 1. The van der Waals surface area contributed by atoms with E-state index >= 15 is 0 Å². The van der Waals surface area contributed by atoms with E-state index < -0.39 is 0 Å². The zero-order chi connectivity index (χ0) is 38.4. The van der Waals surface area contributed by atoms with Crippen molar-refractivity contribution in [3.05, 3.63) is 141 Å². The van der Waals surface area contributed by atoms with Crippen LogP contribution in [0.2, 0.25) is 0 Å². The first-order valence-corrected chi connectivity index (χ1v) is 17.4. The van der Waals surface area contributed by atoms with Gasteiger partial charge in [0.2, 0.25) is 5.95 Å². The standard InChI is InChI=1S/C24H22N4O2.C17H17N5O2/c1-4-28-24(30)23(21(16(3)29)22(27-28)17-10-6-5-7-11-17)26-20-14-15(2)25-19-13-9-8-12-18(19)20;1-3-22-16(24)15(20-17-18-9-10-19-17)13(11(2)23)14(21-22)12-7-5-4-6-8-12/h5-14H,4H2,1-3H3,(H,25,26);4-10H,3H2,1-2H3,(H2,18,19,20). The Morgan fingerprint density at radius 3 is 1.69 bits per heavy atom. The van der Waals surface area contributed by atoms with Crippen molar-refractivity contribution in [1.82, 2.24) is 34.5 Å². The molecule has 3 N–H and O–H groups in total. The number of para-hydroxylation sites is 1. The van der Waals surface area contributed by atoms with Crippen molar-refractivity contribution in [2.45, 2.75) is 47.7 Å². The second-order valence-corrected chi connectivity index (χ2v) is 12.3. The number of aryl methyl sites for hydroxylation is 3. The van der Waals surface area contributed by atoms with E-state index in [1.807, 2.05) is 112 Å². The quantitative estimate of drug-likeness (QED) is 0.122. The maximum atomic E-state index is 13.2. The van der Waals surface area contributed by atoms with E-state index in [0.717, 1.165) is 33.4 Å². The summed E-state index contributed by atoms with van der Waals surface area (Å²) in [5.74, 6) is -0.0717. The van der Waals surface area contributed by atoms with Crippen molar-refractivity contribution in [2.75, 3.05) is 10.6 Å². The number of hydrogen-bond donors (Lipinski definition) is 3. The molecule has 0 amide bonds. The molecule has 7 aromatic rings. The SMILES string of the molecule is CCn1nc(-c2ccccc2)c(C(C)=O)c(Nc2cc(C)nc3ccccc23)c1=O.CCn1nc(-c2ccccc2)c(C(C)=O)c(Nc2ncc[nH]2)c1=O. The summed E-state index contributed by atoms with van der Waals surface area (Å²) in [6, 6.07) is 28.3. The Labute approximate surface area is 310 Å². The average Bonchev–Trinajstić information content (AvgIpc) is 3.70. The van der Waals surface area contributed by atoms with Gasteiger partial charge in [0.15, 0.2) is 11.6 Å². The molecule has 0 saturated heterocycles. The molecule has 4 heterocycles. The second kappa shape index (κ2) is 16.1. The number of aromatic amines is 1. The summed E-state index contributed by atoms with van der Waals surface area (Å²) in [6.45, 7) is 9.24. The van der Waals surface area contributed by atoms with Gasteiger partial charge in [0, 0.05) is 53.4 Å². The highest BCUT2D eigenvalue weighted by atomic mass is 16.1. The zero-order valence-corrected chi connectivity index (χ0v) is 30.5. The van der Waals surface area contributed by atoms with Crippen LogP contribution in [0.1, 0.15) is 54.1 Å². The van der Waals surface area contributed by atoms with E-state index in [9.17, 15) is 19.2 Å². The van der Waals surface area contributed by atoms with Crippen molar-refractivity contribution in [1.29, 1.82) is 0 Å². The van der Waals surface area contributed by atoms with Gasteiger partial charge in [-0.2, -0.15) is 10.2 Å². The molecule has 13 heteroatoms. The summed E-state index contributed by atoms with van der Waals surface area (Å²) in [5, 5.41) is 15.9. The summed E-state index contributed by atoms with van der Waals surface area (Å²) in [7, 11) is 0. The van der Waals surface area contributed by atoms with Crippen LogP contribution in [0.3, 0.4) is 0 Å². The number of aromatic nitrogens is 7. The fourth-order valence-corrected chi connectivity index (χ4v) is 6.08. The molecule has 0 unspecified atom stereocenters. The van der Waals surface area contributed by atoms with Crippen molar-refractivity contribution in [3.8, 4) is 22.5 Å². The van der Waals surface area contributed by atoms with E-state index in [4.69, 9.17) is 0 Å². The minimum Gasteiger partial charge on any atom is -0.350 e. The number of carbonyl (C=O) groups excluding carboxylic acids is 2. The number of H-pyrrole nitrogens is 1. The van der Waals surface area contributed by atoms with Gasteiger partial charge < -0.3 is 15.6 Å². The van der Waals surface area contributed by atoms with Gasteiger partial charge in [-0.25, -0.2) is 14.3 Å². The number of pyridine rings is 1. The Balaban J connectivity index is 0.000000189. The molecule has 7 rings (SSSR count). The van der Waals surface area contributed by atoms with E-state index in [2.05, 4.69) is 35.8 Å². The summed E-state index contributed by atoms with van der Waals surface area (Å²) in [5.41, 5.74) is 5.12. The Kier molecular flexibility index (Phi) is 11.0. The molecule has 0 radical (unpaired) electrons. The summed E-state index contributed by atoms with van der Waals surface area (Å²) in [6.07, 6.45) is 3.20. The van der Waals surface area contributed by atoms with Gasteiger partial charge >= 0.3 is 0 Å². The van der Waals surface area contributed by atoms with Gasteiger partial charge in [0.05, 0.1) is 16.6 Å². The molecule has 0 spiro atoms. The Morgan fingerprint density at radius 1 is 0.704 bits per heavy atom. The van der Waals surface area contributed by atoms with Crippen molar-refractivity contribution < 1.29 is 9.59 Å². The lowest BCUT2D eigenvalue weighted by molar-refractivity contribution is 0.101. The topological polar surface area (TPSA) is 170 Å². The normalized spacial score (nSPS) is 10.8. The number of ketones is 2. The fraction of sp³-hybridized carbons (Fsp3) is 0.171. The summed E-state index contributed by atoms with van der Waals surface area (Å²) < 4.78 is 2.72. The third-order valence-electron chi connectivity index (χ3n) is 8.55. The summed E-state index contributed by atoms with van der Waals surface area (Å²) >= 11 is 0. The molecule has 0 fully saturated rings. The molecule has 0 bridgehead atoms. The third-order valence-corrected chi connectivity index (χ3v) is 8.55. The van der Waals surface area contributed by atoms with Crippen molar-refractivity contribution in [2.24, 2.45) is 0 Å². The minimum absolute atomic E-state index is 0.174. The average molecular weight is 722 g/mol. The van der Waals surface area contributed by atoms with E-state index in [0.29, 0.717) is 30.4 Å². The Morgan fingerprint density at radius 2 is 1.20 bits per heavy atom. The number of fused-ring (bicyclic) bond motifs is 1. The number of benzene rings is 3. The molecule has 0 aliphatic heterocycles. The number of hydrogen-bond acceptors (Lipinski definition) is 10. The number of nitrogens with one attached hydrogen (secondary N) is 3. The first-order chi connectivity index (χ1) is 26.1. The molecular weight excluding hydrogens is 683 g/mol. The third kappa shape index (κ3) is 7.60. The van der Waals surface area contributed by atoms with Crippen LogP contribution in [0, 0.1) is 6.92 Å². The van der Waals surface area contributed by atoms with Crippen molar-refractivity contribution >= 4 is 45.5 Å². The number of nitrogens with zero attached hydrogens (tertiary/aromatic N) is 6. The van der Waals surface area contributed by atoms with Crippen LogP contribution in [0.4, 0.5) is 23.0 Å². The van der Waals surface area contributed by atoms with Crippen LogP contribution in [-0.4, -0.2) is 46.1 Å². The highest BCUT2D eigenvalue weighted by Gasteiger charge is 2.24. The molecule has 0 aliphatic rings. The molecule has 4 aromatic heterocycles. The van der Waals surface area contributed by atoms with Gasteiger partial charge in [-0.1, -0.05) is 78.9 Å². The Bertz CT molecular complexity index is 2580. The van der Waals surface area contributed by atoms with Gasteiger partial charge in [-0.3, -0.25) is 24.2 Å². The molecule has 54 heavy (non-hydrogen) atoms. The van der Waals surface area contributed by atoms with E-state index in [1.54, 1.807) is 12.4 Å². The number of Topliss-reactive ketones (excluding diaryl/α,β-unsaturated/α-hetero) is 2. The van der Waals surface area contributed by atoms with Crippen LogP contribution >= 0.6 is 0 Å². The maximum absolute atomic E-state index is 13.2. The van der Waals surface area contributed by atoms with Crippen LogP contribution in [0.15, 0.2) is 113 Å². The van der Waals surface area contributed by atoms with Crippen LogP contribution < -0.4 is 21.8 Å². The number of rotatable bonds is 10. The van der Waals surface area contributed by atoms with E-state index in [-0.39, 0.29) is 45.2 Å². The first kappa shape index (κ1) is 36.8. The molecular formula is C41H39N9O4. The highest BCUT2D eigenvalue weighted by molar-refractivity contribution is 6.07. The molecule has 0 saturated carbocycles. The smallest absolute Gasteiger partial charge is 0.291 e. The zero-order valence-electron chi connectivity index (χ0n) is 30.5. The summed E-state index contributed by atoms with van der Waals surface area (Å²) in [4.78, 5) is 62.3. The Hall–Kier alpha value is -7.02. The van der Waals surface area contributed by atoms with Gasteiger partial charge in [-0.15, -0.1) is 0 Å². The van der Waals surface area contributed by atoms with Crippen LogP contribution in [0.25, 0.3) is 33.4 Å². The minimum atomic E-state index is -0.362. The maximum Gasteiger partial charge on any atom is 0.291 e. The molecule has 272 valence electrons. The lowest BCUT2D eigenvalue weighted by Gasteiger charge is -2.17. The van der Waals surface area contributed by atoms with Gasteiger partial charge in [-0.05, 0) is 46.8 Å². The molecule has 0 atom stereocenters. The molecule has 13 nitrogen and oxygen atoms in total. The predicted molar refractivity (Wildman–Crippen MR) is 211 cm³/mol. The van der Waals surface area contributed by atoms with Gasteiger partial charge in [0.25, 0.3) is 11.1 Å². The number of carbonyl (C=O) groups is 2. The van der Waals surface area contributed by atoms with Crippen LogP contribution in [0.5, 0.6) is 0 Å². The molecule has 3 aromatic carbocycles. The first-order valence-electron chi connectivity index (χ1n) is 17.4. The van der Waals surface area contributed by atoms with E-state index in [1.165, 1.54) is 23.2 Å². The predicted octanol–water partition coefficient (Wildman–Crippen LogP) is 7.33. The highest BCUT2D eigenvalue weighted by Crippen LogP contribution is 2.31. The lowest BCUT2D eigenvalue weighted by Crippen LogP contribution is -2.28. The number of anilines is 4. The van der Waals surface area contributed by atoms with Gasteiger partial charge in [0.1, 0.15) is 22.8 Å². The second-order valence-electron chi connectivity index (χ2n) is 12.3. The van der Waals surface area contributed by atoms with Crippen molar-refractivity contribution in [3.63, 3.8) is 0 Å². The molecule has 0 aliphatic carbocycles. The lowest BCUT2D eigenvalue weighted by atomic mass is 10.0.